The molecule has 2 aromatic heterocycles. The minimum absolute atomic E-state index is 0.204. The predicted octanol–water partition coefficient (Wildman–Crippen LogP) is 2.57. The van der Waals surface area contributed by atoms with E-state index in [-0.39, 0.29) is 12.3 Å². The van der Waals surface area contributed by atoms with Crippen LogP contribution in [0, 0.1) is 0 Å². The number of hydrogen-bond donors (Lipinski definition) is 0. The molecule has 0 bridgehead atoms. The number of esters is 1. The summed E-state index contributed by atoms with van der Waals surface area (Å²) < 4.78 is 6.77. The van der Waals surface area contributed by atoms with E-state index in [1.54, 1.807) is 24.0 Å². The van der Waals surface area contributed by atoms with Gasteiger partial charge in [-0.05, 0) is 24.6 Å². The van der Waals surface area contributed by atoms with Crippen LogP contribution >= 0.6 is 0 Å². The van der Waals surface area contributed by atoms with Crippen LogP contribution in [-0.4, -0.2) is 32.6 Å². The fourth-order valence-electron chi connectivity index (χ4n) is 2.31. The highest BCUT2D eigenvalue weighted by atomic mass is 16.5. The number of carbonyl (C=O) groups excluding carboxylic acids is 1. The third kappa shape index (κ3) is 3.26. The van der Waals surface area contributed by atoms with Gasteiger partial charge in [-0.15, -0.1) is 5.10 Å². The van der Waals surface area contributed by atoms with Crippen molar-refractivity contribution < 1.29 is 9.53 Å². The van der Waals surface area contributed by atoms with Crippen molar-refractivity contribution in [1.82, 2.24) is 20.0 Å². The Hall–Kier alpha value is -3.02. The Morgan fingerprint density at radius 2 is 2.00 bits per heavy atom. The monoisotopic (exact) mass is 308 g/mol. The second-order valence-electron chi connectivity index (χ2n) is 4.89. The zero-order chi connectivity index (χ0) is 16.1. The lowest BCUT2D eigenvalue weighted by Gasteiger charge is -2.08. The Bertz CT molecular complexity index is 785. The first-order valence-corrected chi connectivity index (χ1v) is 7.34. The van der Waals surface area contributed by atoms with E-state index in [1.165, 1.54) is 0 Å². The number of benzene rings is 1. The Morgan fingerprint density at radius 3 is 2.70 bits per heavy atom. The summed E-state index contributed by atoms with van der Waals surface area (Å²) in [5.74, 6) is -0.481. The van der Waals surface area contributed by atoms with Crippen molar-refractivity contribution >= 4 is 5.97 Å². The van der Waals surface area contributed by atoms with E-state index in [0.29, 0.717) is 12.2 Å². The van der Waals surface area contributed by atoms with Crippen molar-refractivity contribution in [3.05, 3.63) is 66.1 Å². The summed E-state index contributed by atoms with van der Waals surface area (Å²) in [6.07, 6.45) is 3.36. The molecule has 2 heterocycles. The van der Waals surface area contributed by atoms with Crippen LogP contribution in [0.2, 0.25) is 0 Å². The molecule has 0 saturated heterocycles. The maximum absolute atomic E-state index is 12.1. The molecule has 0 fully saturated rings. The summed E-state index contributed by atoms with van der Waals surface area (Å²) in [6, 6.07) is 13.6. The number of aromatic nitrogens is 4. The van der Waals surface area contributed by atoms with Gasteiger partial charge in [0.1, 0.15) is 5.69 Å². The molecule has 0 radical (unpaired) electrons. The van der Waals surface area contributed by atoms with Crippen LogP contribution in [0.5, 0.6) is 0 Å². The molecule has 3 aromatic rings. The molecule has 1 aromatic carbocycles. The molecule has 0 aliphatic rings. The molecule has 0 saturated carbocycles. The van der Waals surface area contributed by atoms with Gasteiger partial charge in [-0.2, -0.15) is 0 Å². The molecule has 6 nitrogen and oxygen atoms in total. The molecule has 0 amide bonds. The largest absolute Gasteiger partial charge is 0.461 e. The molecule has 0 unspecified atom stereocenters. The summed E-state index contributed by atoms with van der Waals surface area (Å²) in [4.78, 5) is 16.3. The van der Waals surface area contributed by atoms with Crippen LogP contribution in [0.25, 0.3) is 11.3 Å². The van der Waals surface area contributed by atoms with Crippen molar-refractivity contribution in [3.8, 4) is 11.3 Å². The van der Waals surface area contributed by atoms with Gasteiger partial charge in [-0.1, -0.05) is 35.5 Å². The number of hydrogen-bond acceptors (Lipinski definition) is 5. The van der Waals surface area contributed by atoms with Gasteiger partial charge in [0.25, 0.3) is 0 Å². The van der Waals surface area contributed by atoms with Crippen molar-refractivity contribution in [2.45, 2.75) is 13.5 Å². The lowest BCUT2D eigenvalue weighted by molar-refractivity contribution is 0.0520. The van der Waals surface area contributed by atoms with Gasteiger partial charge < -0.3 is 4.74 Å². The highest BCUT2D eigenvalue weighted by molar-refractivity contribution is 5.94. The Morgan fingerprint density at radius 1 is 1.17 bits per heavy atom. The van der Waals surface area contributed by atoms with Crippen molar-refractivity contribution in [3.63, 3.8) is 0 Å². The average molecular weight is 308 g/mol. The molecular weight excluding hydrogens is 292 g/mol. The first kappa shape index (κ1) is 14.9. The third-order valence-corrected chi connectivity index (χ3v) is 3.31. The van der Waals surface area contributed by atoms with E-state index >= 15 is 0 Å². The Labute approximate surface area is 133 Å². The van der Waals surface area contributed by atoms with Gasteiger partial charge in [0.15, 0.2) is 5.69 Å². The minimum Gasteiger partial charge on any atom is -0.461 e. The number of ether oxygens (including phenoxy) is 1. The van der Waals surface area contributed by atoms with E-state index in [9.17, 15) is 4.79 Å². The van der Waals surface area contributed by atoms with Crippen molar-refractivity contribution in [1.29, 1.82) is 0 Å². The minimum atomic E-state index is -0.481. The first-order chi connectivity index (χ1) is 11.3. The third-order valence-electron chi connectivity index (χ3n) is 3.31. The Balaban J connectivity index is 2.04. The molecular formula is C17H16N4O2. The van der Waals surface area contributed by atoms with Crippen molar-refractivity contribution in [2.75, 3.05) is 6.61 Å². The molecule has 3 rings (SSSR count). The van der Waals surface area contributed by atoms with Gasteiger partial charge >= 0.3 is 5.97 Å². The van der Waals surface area contributed by atoms with Gasteiger partial charge in [0.2, 0.25) is 0 Å². The summed E-state index contributed by atoms with van der Waals surface area (Å²) in [6.45, 7) is 2.56. The van der Waals surface area contributed by atoms with Gasteiger partial charge in [0, 0.05) is 18.0 Å². The summed E-state index contributed by atoms with van der Waals surface area (Å²) >= 11 is 0. The SMILES string of the molecule is CCOC(=O)c1nnn(Cc2ccccc2)c1-c1cccnc1. The number of carbonyl (C=O) groups is 1. The second-order valence-corrected chi connectivity index (χ2v) is 4.89. The molecule has 0 N–H and O–H groups in total. The second kappa shape index (κ2) is 6.83. The van der Waals surface area contributed by atoms with Crippen LogP contribution in [-0.2, 0) is 11.3 Å². The van der Waals surface area contributed by atoms with Gasteiger partial charge in [-0.3, -0.25) is 4.98 Å². The maximum Gasteiger partial charge on any atom is 0.361 e. The smallest absolute Gasteiger partial charge is 0.361 e. The van der Waals surface area contributed by atoms with Crippen LogP contribution in [0.15, 0.2) is 54.9 Å². The zero-order valence-corrected chi connectivity index (χ0v) is 12.7. The van der Waals surface area contributed by atoms with Crippen LogP contribution < -0.4 is 0 Å². The molecule has 0 atom stereocenters. The maximum atomic E-state index is 12.1. The quantitative estimate of drug-likeness (QED) is 0.678. The first-order valence-electron chi connectivity index (χ1n) is 7.34. The lowest BCUT2D eigenvalue weighted by atomic mass is 10.1. The van der Waals surface area contributed by atoms with E-state index in [2.05, 4.69) is 15.3 Å². The zero-order valence-electron chi connectivity index (χ0n) is 12.7. The normalized spacial score (nSPS) is 10.5. The van der Waals surface area contributed by atoms with Gasteiger partial charge in [0.05, 0.1) is 13.2 Å². The van der Waals surface area contributed by atoms with Gasteiger partial charge in [-0.25, -0.2) is 9.48 Å². The topological polar surface area (TPSA) is 69.9 Å². The van der Waals surface area contributed by atoms with Crippen molar-refractivity contribution in [2.24, 2.45) is 0 Å². The van der Waals surface area contributed by atoms with Crippen LogP contribution in [0.1, 0.15) is 23.0 Å². The van der Waals surface area contributed by atoms with E-state index in [4.69, 9.17) is 4.74 Å². The lowest BCUT2D eigenvalue weighted by Crippen LogP contribution is -2.09. The predicted molar refractivity (Wildman–Crippen MR) is 84.8 cm³/mol. The highest BCUT2D eigenvalue weighted by Crippen LogP contribution is 2.23. The molecule has 0 aliphatic carbocycles. The fourth-order valence-corrected chi connectivity index (χ4v) is 2.31. The summed E-state index contributed by atoms with van der Waals surface area (Å²) in [5, 5.41) is 8.15. The molecule has 23 heavy (non-hydrogen) atoms. The van der Waals surface area contributed by atoms with Crippen LogP contribution in [0.4, 0.5) is 0 Å². The average Bonchev–Trinajstić information content (AvgIpc) is 3.00. The molecule has 6 heteroatoms. The summed E-state index contributed by atoms with van der Waals surface area (Å²) in [5.41, 5.74) is 2.66. The standard InChI is InChI=1S/C17H16N4O2/c1-2-23-17(22)15-16(14-9-6-10-18-11-14)21(20-19-15)12-13-7-4-3-5-8-13/h3-11H,2,12H2,1H3. The van der Waals surface area contributed by atoms with E-state index < -0.39 is 5.97 Å². The molecule has 0 aliphatic heterocycles. The number of pyridine rings is 1. The number of nitrogens with zero attached hydrogens (tertiary/aromatic N) is 4. The number of rotatable bonds is 5. The highest BCUT2D eigenvalue weighted by Gasteiger charge is 2.22. The fraction of sp³-hybridized carbons (Fsp3) is 0.176. The molecule has 116 valence electrons. The van der Waals surface area contributed by atoms with Crippen LogP contribution in [0.3, 0.4) is 0 Å². The van der Waals surface area contributed by atoms with E-state index in [1.807, 2.05) is 42.5 Å². The Kier molecular flexibility index (Phi) is 4.42. The molecule has 0 spiro atoms. The summed E-state index contributed by atoms with van der Waals surface area (Å²) in [7, 11) is 0. The van der Waals surface area contributed by atoms with E-state index in [0.717, 1.165) is 11.1 Å².